The van der Waals surface area contributed by atoms with Crippen LogP contribution in [0.15, 0.2) is 29.6 Å². The Bertz CT molecular complexity index is 602. The molecule has 1 atom stereocenters. The predicted octanol–water partition coefficient (Wildman–Crippen LogP) is 2.95. The maximum absolute atomic E-state index is 11.9. The van der Waals surface area contributed by atoms with E-state index in [0.29, 0.717) is 12.3 Å². The Hall–Kier alpha value is -1.39. The zero-order chi connectivity index (χ0) is 14.5. The number of benzene rings is 1. The van der Waals surface area contributed by atoms with Crippen molar-refractivity contribution in [2.24, 2.45) is 5.92 Å². The molecule has 21 heavy (non-hydrogen) atoms. The molecule has 1 aromatic heterocycles. The molecule has 2 heterocycles. The van der Waals surface area contributed by atoms with Crippen LogP contribution in [0.2, 0.25) is 0 Å². The van der Waals surface area contributed by atoms with Crippen LogP contribution in [0.5, 0.6) is 0 Å². The van der Waals surface area contributed by atoms with Crippen LogP contribution in [0.25, 0.3) is 10.1 Å². The summed E-state index contributed by atoms with van der Waals surface area (Å²) in [5.74, 6) is 0.887. The molecule has 1 aliphatic rings. The summed E-state index contributed by atoms with van der Waals surface area (Å²) in [5, 5.41) is 9.94. The molecule has 3 nitrogen and oxygen atoms in total. The van der Waals surface area contributed by atoms with Crippen LogP contribution < -0.4 is 10.6 Å². The monoisotopic (exact) mass is 302 g/mol. The van der Waals surface area contributed by atoms with Crippen LogP contribution in [-0.2, 0) is 11.2 Å². The summed E-state index contributed by atoms with van der Waals surface area (Å²) in [4.78, 5) is 11.9. The highest BCUT2D eigenvalue weighted by Gasteiger charge is 2.15. The van der Waals surface area contributed by atoms with Gasteiger partial charge < -0.3 is 10.6 Å². The maximum Gasteiger partial charge on any atom is 0.220 e. The van der Waals surface area contributed by atoms with Crippen molar-refractivity contribution in [1.82, 2.24) is 10.6 Å². The molecule has 0 bridgehead atoms. The Balaban J connectivity index is 1.42. The van der Waals surface area contributed by atoms with Crippen LogP contribution in [-0.4, -0.2) is 25.5 Å². The lowest BCUT2D eigenvalue weighted by Crippen LogP contribution is -2.26. The molecule has 112 valence electrons. The quantitative estimate of drug-likeness (QED) is 0.861. The van der Waals surface area contributed by atoms with Gasteiger partial charge in [-0.3, -0.25) is 4.79 Å². The van der Waals surface area contributed by atoms with Gasteiger partial charge in [0, 0.05) is 17.7 Å². The largest absolute Gasteiger partial charge is 0.356 e. The van der Waals surface area contributed by atoms with Gasteiger partial charge in [0.2, 0.25) is 5.91 Å². The summed E-state index contributed by atoms with van der Waals surface area (Å²) < 4.78 is 1.33. The van der Waals surface area contributed by atoms with Crippen LogP contribution in [0.1, 0.15) is 24.8 Å². The van der Waals surface area contributed by atoms with Crippen molar-refractivity contribution in [3.8, 4) is 0 Å². The van der Waals surface area contributed by atoms with Gasteiger partial charge in [0.25, 0.3) is 0 Å². The van der Waals surface area contributed by atoms with Gasteiger partial charge in [-0.1, -0.05) is 18.2 Å². The number of rotatable bonds is 6. The fourth-order valence-electron chi connectivity index (χ4n) is 2.95. The number of carbonyl (C=O) groups is 1. The molecule has 1 saturated heterocycles. The minimum Gasteiger partial charge on any atom is -0.356 e. The highest BCUT2D eigenvalue weighted by molar-refractivity contribution is 7.17. The lowest BCUT2D eigenvalue weighted by molar-refractivity contribution is -0.121. The van der Waals surface area contributed by atoms with Crippen molar-refractivity contribution in [2.45, 2.75) is 25.7 Å². The number of nitrogens with one attached hydrogen (secondary N) is 2. The number of carbonyl (C=O) groups excluding carboxylic acids is 1. The fraction of sp³-hybridized carbons (Fsp3) is 0.471. The molecule has 1 unspecified atom stereocenters. The number of amides is 1. The van der Waals surface area contributed by atoms with E-state index in [4.69, 9.17) is 0 Å². The van der Waals surface area contributed by atoms with E-state index in [1.54, 1.807) is 11.3 Å². The first-order valence-electron chi connectivity index (χ1n) is 7.75. The minimum atomic E-state index is 0.196. The van der Waals surface area contributed by atoms with Crippen molar-refractivity contribution in [1.29, 1.82) is 0 Å². The highest BCUT2D eigenvalue weighted by Crippen LogP contribution is 2.25. The van der Waals surface area contributed by atoms with Crippen LogP contribution in [0.4, 0.5) is 0 Å². The Morgan fingerprint density at radius 2 is 2.29 bits per heavy atom. The highest BCUT2D eigenvalue weighted by atomic mass is 32.1. The van der Waals surface area contributed by atoms with Crippen LogP contribution in [0.3, 0.4) is 0 Å². The molecule has 0 spiro atoms. The minimum absolute atomic E-state index is 0.196. The Morgan fingerprint density at radius 1 is 1.38 bits per heavy atom. The summed E-state index contributed by atoms with van der Waals surface area (Å²) in [6, 6.07) is 8.46. The van der Waals surface area contributed by atoms with E-state index < -0.39 is 0 Å². The van der Waals surface area contributed by atoms with Crippen LogP contribution >= 0.6 is 11.3 Å². The number of hydrogen-bond donors (Lipinski definition) is 2. The van der Waals surface area contributed by atoms with Gasteiger partial charge in [-0.05, 0) is 60.7 Å². The fourth-order valence-corrected chi connectivity index (χ4v) is 3.94. The van der Waals surface area contributed by atoms with E-state index in [2.05, 4.69) is 40.3 Å². The molecular formula is C17H22N2OS. The zero-order valence-corrected chi connectivity index (χ0v) is 13.0. The first kappa shape index (κ1) is 14.5. The third kappa shape index (κ3) is 3.83. The Kier molecular flexibility index (Phi) is 4.88. The molecule has 0 aliphatic carbocycles. The average Bonchev–Trinajstić information content (AvgIpc) is 3.15. The number of hydrogen-bond acceptors (Lipinski definition) is 3. The molecule has 4 heteroatoms. The van der Waals surface area contributed by atoms with Crippen molar-refractivity contribution >= 4 is 27.3 Å². The van der Waals surface area contributed by atoms with Crippen molar-refractivity contribution in [3.63, 3.8) is 0 Å². The number of thiophene rings is 1. The summed E-state index contributed by atoms with van der Waals surface area (Å²) in [6.07, 6.45) is 3.81. The van der Waals surface area contributed by atoms with E-state index in [1.807, 2.05) is 0 Å². The first-order chi connectivity index (χ1) is 10.3. The summed E-state index contributed by atoms with van der Waals surface area (Å²) in [5.41, 5.74) is 1.34. The third-order valence-electron chi connectivity index (χ3n) is 4.22. The summed E-state index contributed by atoms with van der Waals surface area (Å²) >= 11 is 1.78. The Labute approximate surface area is 129 Å². The van der Waals surface area contributed by atoms with E-state index in [9.17, 15) is 4.79 Å². The molecule has 2 N–H and O–H groups in total. The topological polar surface area (TPSA) is 41.1 Å². The van der Waals surface area contributed by atoms with E-state index >= 15 is 0 Å². The second-order valence-electron chi connectivity index (χ2n) is 5.75. The van der Waals surface area contributed by atoms with Gasteiger partial charge >= 0.3 is 0 Å². The van der Waals surface area contributed by atoms with Gasteiger partial charge in [0.1, 0.15) is 0 Å². The maximum atomic E-state index is 11.9. The van der Waals surface area contributed by atoms with Gasteiger partial charge in [-0.25, -0.2) is 0 Å². The zero-order valence-electron chi connectivity index (χ0n) is 12.2. The molecule has 1 fully saturated rings. The van der Waals surface area contributed by atoms with E-state index in [-0.39, 0.29) is 5.91 Å². The molecular weight excluding hydrogens is 280 g/mol. The molecule has 3 rings (SSSR count). The predicted molar refractivity (Wildman–Crippen MR) is 88.7 cm³/mol. The van der Waals surface area contributed by atoms with Crippen molar-refractivity contribution in [2.75, 3.05) is 19.6 Å². The third-order valence-corrected chi connectivity index (χ3v) is 5.23. The van der Waals surface area contributed by atoms with E-state index in [0.717, 1.165) is 32.5 Å². The van der Waals surface area contributed by atoms with Gasteiger partial charge in [-0.15, -0.1) is 11.3 Å². The average molecular weight is 302 g/mol. The Morgan fingerprint density at radius 3 is 3.14 bits per heavy atom. The molecule has 1 amide bonds. The van der Waals surface area contributed by atoms with Gasteiger partial charge in [0.15, 0.2) is 0 Å². The normalized spacial score (nSPS) is 18.2. The molecule has 1 aliphatic heterocycles. The van der Waals surface area contributed by atoms with E-state index in [1.165, 1.54) is 22.1 Å². The molecule has 0 saturated carbocycles. The summed E-state index contributed by atoms with van der Waals surface area (Å²) in [6.45, 7) is 2.92. The smallest absolute Gasteiger partial charge is 0.220 e. The molecule has 2 aromatic rings. The number of fused-ring (bicyclic) bond motifs is 1. The standard InChI is InChI=1S/C17H22N2OS/c20-17(6-5-13-7-9-18-11-13)19-10-8-14-12-21-16-4-2-1-3-15(14)16/h1-4,12-13,18H,5-11H2,(H,19,20). The van der Waals surface area contributed by atoms with Gasteiger partial charge in [0.05, 0.1) is 0 Å². The lowest BCUT2D eigenvalue weighted by Gasteiger charge is -2.08. The molecule has 0 radical (unpaired) electrons. The van der Waals surface area contributed by atoms with Gasteiger partial charge in [-0.2, -0.15) is 0 Å². The lowest BCUT2D eigenvalue weighted by atomic mass is 10.0. The second-order valence-corrected chi connectivity index (χ2v) is 6.67. The van der Waals surface area contributed by atoms with Crippen LogP contribution in [0, 0.1) is 5.92 Å². The first-order valence-corrected chi connectivity index (χ1v) is 8.63. The van der Waals surface area contributed by atoms with Crippen molar-refractivity contribution in [3.05, 3.63) is 35.2 Å². The van der Waals surface area contributed by atoms with Crippen molar-refractivity contribution < 1.29 is 4.79 Å². The second kappa shape index (κ2) is 7.05. The summed E-state index contributed by atoms with van der Waals surface area (Å²) in [7, 11) is 0. The SMILES string of the molecule is O=C(CCC1CCNC1)NCCc1csc2ccccc12. The molecule has 1 aromatic carbocycles.